The topological polar surface area (TPSA) is 58.2 Å². The molecule has 2 aromatic heterocycles. The minimum absolute atomic E-state index is 0.0344. The fourth-order valence-electron chi connectivity index (χ4n) is 3.32. The molecular weight excluding hydrogens is 310 g/mol. The number of aromatic nitrogens is 2. The Labute approximate surface area is 140 Å². The SMILES string of the molecule is CCO[C@H]1C[C@@H](N(C)C(=O)c2cc(-c3cccs3)[nH]n2)C1(C)C. The number of carbonyl (C=O) groups excluding carboxylic acids is 1. The van der Waals surface area contributed by atoms with Crippen LogP contribution in [0, 0.1) is 5.41 Å². The molecule has 6 heteroatoms. The predicted molar refractivity (Wildman–Crippen MR) is 91.6 cm³/mol. The number of aromatic amines is 1. The summed E-state index contributed by atoms with van der Waals surface area (Å²) in [5, 5.41) is 9.16. The largest absolute Gasteiger partial charge is 0.378 e. The number of hydrogen-bond donors (Lipinski definition) is 1. The second-order valence-corrected chi connectivity index (χ2v) is 7.52. The first-order valence-corrected chi connectivity index (χ1v) is 8.81. The second-order valence-electron chi connectivity index (χ2n) is 6.58. The molecule has 124 valence electrons. The molecule has 0 bridgehead atoms. The molecule has 2 atom stereocenters. The van der Waals surface area contributed by atoms with Crippen molar-refractivity contribution in [3.8, 4) is 10.6 Å². The molecule has 1 N–H and O–H groups in total. The number of nitrogens with one attached hydrogen (secondary N) is 1. The maximum atomic E-state index is 12.7. The third-order valence-corrected chi connectivity index (χ3v) is 5.77. The Morgan fingerprint density at radius 1 is 1.57 bits per heavy atom. The van der Waals surface area contributed by atoms with Crippen LogP contribution in [-0.4, -0.2) is 46.8 Å². The molecule has 0 unspecified atom stereocenters. The lowest BCUT2D eigenvalue weighted by atomic mass is 9.63. The Balaban J connectivity index is 1.71. The zero-order valence-electron chi connectivity index (χ0n) is 14.0. The van der Waals surface area contributed by atoms with Gasteiger partial charge in [-0.1, -0.05) is 19.9 Å². The zero-order chi connectivity index (χ0) is 16.6. The van der Waals surface area contributed by atoms with Crippen molar-refractivity contribution in [3.05, 3.63) is 29.3 Å². The first kappa shape index (κ1) is 16.2. The Morgan fingerprint density at radius 2 is 2.35 bits per heavy atom. The van der Waals surface area contributed by atoms with Crippen molar-refractivity contribution in [1.29, 1.82) is 0 Å². The number of amides is 1. The van der Waals surface area contributed by atoms with E-state index >= 15 is 0 Å². The van der Waals surface area contributed by atoms with E-state index < -0.39 is 0 Å². The van der Waals surface area contributed by atoms with Gasteiger partial charge in [-0.15, -0.1) is 11.3 Å². The van der Waals surface area contributed by atoms with Crippen LogP contribution < -0.4 is 0 Å². The van der Waals surface area contributed by atoms with E-state index in [1.165, 1.54) is 0 Å². The van der Waals surface area contributed by atoms with E-state index in [9.17, 15) is 4.79 Å². The summed E-state index contributed by atoms with van der Waals surface area (Å²) in [5.41, 5.74) is 1.32. The number of rotatable bonds is 5. The van der Waals surface area contributed by atoms with Gasteiger partial charge >= 0.3 is 0 Å². The first-order chi connectivity index (χ1) is 10.9. The molecule has 1 amide bonds. The molecule has 2 aromatic rings. The molecule has 0 aromatic carbocycles. The highest BCUT2D eigenvalue weighted by atomic mass is 32.1. The summed E-state index contributed by atoms with van der Waals surface area (Å²) in [5.74, 6) is -0.0444. The number of hydrogen-bond acceptors (Lipinski definition) is 4. The highest BCUT2D eigenvalue weighted by molar-refractivity contribution is 7.13. The van der Waals surface area contributed by atoms with Crippen LogP contribution in [-0.2, 0) is 4.74 Å². The molecule has 5 nitrogen and oxygen atoms in total. The molecule has 0 saturated heterocycles. The predicted octanol–water partition coefficient (Wildman–Crippen LogP) is 3.41. The summed E-state index contributed by atoms with van der Waals surface area (Å²) in [7, 11) is 1.86. The smallest absolute Gasteiger partial charge is 0.274 e. The molecule has 0 aliphatic heterocycles. The molecule has 3 rings (SSSR count). The first-order valence-electron chi connectivity index (χ1n) is 7.93. The van der Waals surface area contributed by atoms with Gasteiger partial charge in [0.05, 0.1) is 16.7 Å². The van der Waals surface area contributed by atoms with Gasteiger partial charge in [-0.2, -0.15) is 5.10 Å². The minimum Gasteiger partial charge on any atom is -0.378 e. The fourth-order valence-corrected chi connectivity index (χ4v) is 4.01. The van der Waals surface area contributed by atoms with Gasteiger partial charge in [-0.25, -0.2) is 0 Å². The molecule has 2 heterocycles. The van der Waals surface area contributed by atoms with E-state index in [0.717, 1.165) is 17.0 Å². The van der Waals surface area contributed by atoms with Crippen LogP contribution in [0.2, 0.25) is 0 Å². The van der Waals surface area contributed by atoms with E-state index in [-0.39, 0.29) is 23.5 Å². The lowest BCUT2D eigenvalue weighted by Gasteiger charge is -2.54. The van der Waals surface area contributed by atoms with Crippen molar-refractivity contribution in [2.24, 2.45) is 5.41 Å². The lowest BCUT2D eigenvalue weighted by molar-refractivity contribution is -0.136. The van der Waals surface area contributed by atoms with Crippen LogP contribution in [0.3, 0.4) is 0 Å². The van der Waals surface area contributed by atoms with Gasteiger partial charge in [0.15, 0.2) is 5.69 Å². The quantitative estimate of drug-likeness (QED) is 0.912. The normalized spacial score (nSPS) is 22.6. The Morgan fingerprint density at radius 3 is 2.96 bits per heavy atom. The highest BCUT2D eigenvalue weighted by Gasteiger charge is 2.52. The average Bonchev–Trinajstić information content (AvgIpc) is 3.19. The number of thiophene rings is 1. The number of ether oxygens (including phenoxy) is 1. The van der Waals surface area contributed by atoms with E-state index in [1.54, 1.807) is 11.3 Å². The van der Waals surface area contributed by atoms with Crippen molar-refractivity contribution in [2.45, 2.75) is 39.3 Å². The summed E-state index contributed by atoms with van der Waals surface area (Å²) < 4.78 is 5.75. The summed E-state index contributed by atoms with van der Waals surface area (Å²) >= 11 is 1.62. The fraction of sp³-hybridized carbons (Fsp3) is 0.529. The van der Waals surface area contributed by atoms with Gasteiger partial charge in [0.1, 0.15) is 0 Å². The van der Waals surface area contributed by atoms with E-state index in [1.807, 2.05) is 42.5 Å². The molecule has 0 spiro atoms. The van der Waals surface area contributed by atoms with Gasteiger partial charge in [-0.3, -0.25) is 9.89 Å². The zero-order valence-corrected chi connectivity index (χ0v) is 14.8. The Hall–Kier alpha value is -1.66. The highest BCUT2D eigenvalue weighted by Crippen LogP contribution is 2.45. The minimum atomic E-state index is -0.0444. The molecule has 1 saturated carbocycles. The summed E-state index contributed by atoms with van der Waals surface area (Å²) in [6.07, 6.45) is 1.10. The third kappa shape index (κ3) is 2.81. The number of nitrogens with zero attached hydrogens (tertiary/aromatic N) is 2. The monoisotopic (exact) mass is 333 g/mol. The van der Waals surface area contributed by atoms with Crippen molar-refractivity contribution >= 4 is 17.2 Å². The standard InChI is InChI=1S/C17H23N3O2S/c1-5-22-15-10-14(17(15,2)3)20(4)16(21)12-9-11(18-19-12)13-7-6-8-23-13/h6-9,14-15H,5,10H2,1-4H3,(H,18,19)/t14-,15+/m1/s1. The molecule has 0 radical (unpaired) electrons. The Bertz CT molecular complexity index is 678. The summed E-state index contributed by atoms with van der Waals surface area (Å²) in [6.45, 7) is 7.04. The summed E-state index contributed by atoms with van der Waals surface area (Å²) in [6, 6.07) is 6.00. The number of carbonyl (C=O) groups is 1. The molecular formula is C17H23N3O2S. The van der Waals surface area contributed by atoms with E-state index in [2.05, 4.69) is 24.0 Å². The van der Waals surface area contributed by atoms with Gasteiger partial charge in [0.25, 0.3) is 5.91 Å². The molecule has 1 fully saturated rings. The van der Waals surface area contributed by atoms with E-state index in [4.69, 9.17) is 4.74 Å². The molecule has 23 heavy (non-hydrogen) atoms. The van der Waals surface area contributed by atoms with Crippen LogP contribution in [0.1, 0.15) is 37.7 Å². The third-order valence-electron chi connectivity index (χ3n) is 4.87. The van der Waals surface area contributed by atoms with Crippen molar-refractivity contribution in [1.82, 2.24) is 15.1 Å². The maximum Gasteiger partial charge on any atom is 0.274 e. The number of H-pyrrole nitrogens is 1. The van der Waals surface area contributed by atoms with Gasteiger partial charge in [0, 0.05) is 25.1 Å². The lowest BCUT2D eigenvalue weighted by Crippen LogP contribution is -2.62. The van der Waals surface area contributed by atoms with E-state index in [0.29, 0.717) is 12.3 Å². The summed E-state index contributed by atoms with van der Waals surface area (Å²) in [4.78, 5) is 15.6. The molecule has 1 aliphatic rings. The second kappa shape index (κ2) is 6.09. The van der Waals surface area contributed by atoms with Gasteiger partial charge in [0.2, 0.25) is 0 Å². The molecule has 1 aliphatic carbocycles. The average molecular weight is 333 g/mol. The van der Waals surface area contributed by atoms with Crippen LogP contribution in [0.15, 0.2) is 23.6 Å². The van der Waals surface area contributed by atoms with Crippen LogP contribution in [0.4, 0.5) is 0 Å². The van der Waals surface area contributed by atoms with Crippen molar-refractivity contribution < 1.29 is 9.53 Å². The van der Waals surface area contributed by atoms with Gasteiger partial charge < -0.3 is 9.64 Å². The Kier molecular flexibility index (Phi) is 4.29. The van der Waals surface area contributed by atoms with Crippen LogP contribution in [0.25, 0.3) is 10.6 Å². The van der Waals surface area contributed by atoms with Crippen molar-refractivity contribution in [3.63, 3.8) is 0 Å². The van der Waals surface area contributed by atoms with Crippen LogP contribution >= 0.6 is 11.3 Å². The van der Waals surface area contributed by atoms with Crippen molar-refractivity contribution in [2.75, 3.05) is 13.7 Å². The van der Waals surface area contributed by atoms with Crippen LogP contribution in [0.5, 0.6) is 0 Å². The van der Waals surface area contributed by atoms with Gasteiger partial charge in [-0.05, 0) is 30.9 Å². The maximum absolute atomic E-state index is 12.7.